The van der Waals surface area contributed by atoms with E-state index in [4.69, 9.17) is 9.16 Å². The van der Waals surface area contributed by atoms with Crippen molar-refractivity contribution in [2.75, 3.05) is 7.11 Å². The summed E-state index contributed by atoms with van der Waals surface area (Å²) in [5, 5.41) is 2.19. The Kier molecular flexibility index (Phi) is 13.3. The summed E-state index contributed by atoms with van der Waals surface area (Å²) in [6.07, 6.45) is 12.1. The normalized spacial score (nSPS) is 19.7. The first-order valence-corrected chi connectivity index (χ1v) is 18.1. The predicted octanol–water partition coefficient (Wildman–Crippen LogP) is 9.19. The maximum absolute atomic E-state index is 14.9. The second kappa shape index (κ2) is 16.5. The van der Waals surface area contributed by atoms with Crippen LogP contribution in [0, 0.1) is 11.8 Å². The zero-order valence-corrected chi connectivity index (χ0v) is 28.4. The van der Waals surface area contributed by atoms with Crippen LogP contribution in [0.15, 0.2) is 97.1 Å². The van der Waals surface area contributed by atoms with E-state index in [-0.39, 0.29) is 35.4 Å². The summed E-state index contributed by atoms with van der Waals surface area (Å²) in [7, 11) is -1.46. The fourth-order valence-electron chi connectivity index (χ4n) is 6.48. The lowest BCUT2D eigenvalue weighted by molar-refractivity contribution is -0.140. The Morgan fingerprint density at radius 2 is 1.59 bits per heavy atom. The summed E-state index contributed by atoms with van der Waals surface area (Å²) < 4.78 is 42.1. The molecule has 3 rings (SSSR count). The minimum absolute atomic E-state index is 0.0382. The first-order valence-electron chi connectivity index (χ1n) is 16.2. The summed E-state index contributed by atoms with van der Waals surface area (Å²) in [6, 6.07) is 21.1. The Balaban J connectivity index is 1.99. The molecule has 6 heteroatoms. The van der Waals surface area contributed by atoms with E-state index >= 15 is 0 Å². The summed E-state index contributed by atoms with van der Waals surface area (Å²) in [4.78, 5) is 11.5. The van der Waals surface area contributed by atoms with Crippen molar-refractivity contribution in [3.8, 4) is 0 Å². The highest BCUT2D eigenvalue weighted by atomic mass is 28.4. The van der Waals surface area contributed by atoms with Gasteiger partial charge in [-0.3, -0.25) is 4.79 Å². The summed E-state index contributed by atoms with van der Waals surface area (Å²) in [5.41, 5.74) is 0.942. The van der Waals surface area contributed by atoms with Crippen LogP contribution < -0.4 is 10.4 Å². The van der Waals surface area contributed by atoms with Gasteiger partial charge in [0, 0.05) is 18.8 Å². The van der Waals surface area contributed by atoms with E-state index in [2.05, 4.69) is 88.0 Å². The van der Waals surface area contributed by atoms with E-state index in [0.717, 1.165) is 30.9 Å². The number of alkyl halides is 2. The van der Waals surface area contributed by atoms with E-state index in [1.54, 1.807) is 6.08 Å². The van der Waals surface area contributed by atoms with Crippen molar-refractivity contribution in [1.82, 2.24) is 0 Å². The number of ether oxygens (including phenoxy) is 1. The van der Waals surface area contributed by atoms with Gasteiger partial charge in [0.2, 0.25) is 0 Å². The molecule has 3 nitrogen and oxygen atoms in total. The predicted molar refractivity (Wildman–Crippen MR) is 181 cm³/mol. The van der Waals surface area contributed by atoms with Crippen molar-refractivity contribution in [2.45, 2.75) is 103 Å². The van der Waals surface area contributed by atoms with Gasteiger partial charge < -0.3 is 9.16 Å². The quantitative estimate of drug-likeness (QED) is 0.0811. The zero-order chi connectivity index (χ0) is 32.2. The van der Waals surface area contributed by atoms with Gasteiger partial charge in [-0.2, -0.15) is 0 Å². The number of unbranched alkanes of at least 4 members (excludes halogenated alkanes) is 3. The average molecular weight is 623 g/mol. The molecular weight excluding hydrogens is 570 g/mol. The molecule has 0 unspecified atom stereocenters. The van der Waals surface area contributed by atoms with Crippen LogP contribution in [0.5, 0.6) is 0 Å². The Morgan fingerprint density at radius 1 is 0.977 bits per heavy atom. The molecular formula is C38H52F2O3Si. The maximum atomic E-state index is 14.9. The van der Waals surface area contributed by atoms with Gasteiger partial charge in [0.05, 0.1) is 13.2 Å². The second-order valence-electron chi connectivity index (χ2n) is 13.1. The summed E-state index contributed by atoms with van der Waals surface area (Å²) >= 11 is 0. The van der Waals surface area contributed by atoms with Gasteiger partial charge in [-0.1, -0.05) is 132 Å². The van der Waals surface area contributed by atoms with Crippen LogP contribution in [-0.2, 0) is 14.0 Å². The van der Waals surface area contributed by atoms with Crippen molar-refractivity contribution in [3.63, 3.8) is 0 Å². The lowest BCUT2D eigenvalue weighted by Crippen LogP contribution is -2.68. The van der Waals surface area contributed by atoms with Gasteiger partial charge in [0.25, 0.3) is 14.2 Å². The van der Waals surface area contributed by atoms with Gasteiger partial charge in [0.1, 0.15) is 0 Å². The smallest absolute Gasteiger partial charge is 0.305 e. The first-order chi connectivity index (χ1) is 20.9. The Morgan fingerprint density at radius 3 is 2.14 bits per heavy atom. The third kappa shape index (κ3) is 9.34. The van der Waals surface area contributed by atoms with Gasteiger partial charge in [-0.25, -0.2) is 8.78 Å². The number of hydrogen-bond acceptors (Lipinski definition) is 3. The van der Waals surface area contributed by atoms with Gasteiger partial charge in [0.15, 0.2) is 0 Å². The van der Waals surface area contributed by atoms with Crippen molar-refractivity contribution in [3.05, 3.63) is 97.1 Å². The largest absolute Gasteiger partial charge is 0.469 e. The first kappa shape index (κ1) is 35.6. The topological polar surface area (TPSA) is 35.5 Å². The number of carbonyl (C=O) groups excluding carboxylic acids is 1. The minimum atomic E-state index is -2.86. The highest BCUT2D eigenvalue weighted by molar-refractivity contribution is 6.99. The van der Waals surface area contributed by atoms with Gasteiger partial charge in [-0.15, -0.1) is 0 Å². The van der Waals surface area contributed by atoms with E-state index in [1.807, 2.05) is 19.1 Å². The molecule has 0 bridgehead atoms. The van der Waals surface area contributed by atoms with Crippen molar-refractivity contribution >= 4 is 24.7 Å². The van der Waals surface area contributed by atoms with Gasteiger partial charge >= 0.3 is 5.97 Å². The lowest BCUT2D eigenvalue weighted by atomic mass is 9.89. The van der Waals surface area contributed by atoms with E-state index in [1.165, 1.54) is 17.5 Å². The molecule has 2 aromatic rings. The molecule has 0 spiro atoms. The third-order valence-electron chi connectivity index (χ3n) is 8.83. The number of halogens is 2. The van der Waals surface area contributed by atoms with E-state index in [9.17, 15) is 13.6 Å². The Bertz CT molecular complexity index is 1190. The summed E-state index contributed by atoms with van der Waals surface area (Å²) in [5.74, 6) is -3.31. The Hall–Kier alpha value is -2.83. The van der Waals surface area contributed by atoms with E-state index < -0.39 is 14.2 Å². The number of methoxy groups -OCH3 is 1. The van der Waals surface area contributed by atoms with Crippen LogP contribution in [0.1, 0.15) is 85.5 Å². The number of rotatable bonds is 16. The molecule has 0 aromatic heterocycles. The molecule has 1 saturated carbocycles. The van der Waals surface area contributed by atoms with Crippen LogP contribution in [0.3, 0.4) is 0 Å². The molecule has 44 heavy (non-hydrogen) atoms. The highest BCUT2D eigenvalue weighted by Crippen LogP contribution is 2.46. The number of hydrogen-bond donors (Lipinski definition) is 0. The number of esters is 1. The molecule has 3 atom stereocenters. The number of allylic oxidation sites excluding steroid dienone is 4. The van der Waals surface area contributed by atoms with Gasteiger partial charge in [-0.05, 0) is 59.5 Å². The fraction of sp³-hybridized carbons (Fsp3) is 0.500. The van der Waals surface area contributed by atoms with Crippen LogP contribution in [0.25, 0.3) is 0 Å². The Labute approximate surface area is 265 Å². The number of benzene rings is 2. The van der Waals surface area contributed by atoms with Crippen molar-refractivity contribution < 1.29 is 22.7 Å². The minimum Gasteiger partial charge on any atom is -0.469 e. The standard InChI is InChI=1S/C38H52F2O3Si/c1-7-8-19-27-38(39,40)28-26-33-30(2)29-35(34(33)24-17-9-10-18-25-36(41)42-6)43-44(37(3,4)5,31-20-13-11-14-21-31)32-22-15-12-16-23-32/h9,11-17,20-23,26,28,33-35H,2,7-8,10,18-19,24-25,27,29H2,1,3-6H3/b17-9-,28-26+/t33-,34+,35-/m0/s1. The van der Waals surface area contributed by atoms with E-state index in [0.29, 0.717) is 32.1 Å². The molecule has 0 radical (unpaired) electrons. The molecule has 0 N–H and O–H groups in total. The van der Waals surface area contributed by atoms with Crippen LogP contribution >= 0.6 is 0 Å². The average Bonchev–Trinajstić information content (AvgIpc) is 3.29. The van der Waals surface area contributed by atoms with Crippen molar-refractivity contribution in [2.24, 2.45) is 11.8 Å². The van der Waals surface area contributed by atoms with Crippen LogP contribution in [-0.4, -0.2) is 33.4 Å². The molecule has 1 fully saturated rings. The molecule has 0 heterocycles. The molecule has 0 amide bonds. The third-order valence-corrected chi connectivity index (χ3v) is 13.9. The molecule has 1 aliphatic rings. The summed E-state index contributed by atoms with van der Waals surface area (Å²) in [6.45, 7) is 13.2. The van der Waals surface area contributed by atoms with Crippen molar-refractivity contribution in [1.29, 1.82) is 0 Å². The SMILES string of the molecule is C=C1C[C@H](O[Si](c2ccccc2)(c2ccccc2)C(C)(C)C)[C@H](C/C=C\CCCC(=O)OC)[C@H]1/C=C/C(F)(F)CCCCC. The molecule has 0 aliphatic heterocycles. The fourth-order valence-corrected chi connectivity index (χ4v) is 11.2. The number of carbonyl (C=O) groups is 1. The highest BCUT2D eigenvalue weighted by Gasteiger charge is 2.53. The second-order valence-corrected chi connectivity index (χ2v) is 17.4. The molecule has 0 saturated heterocycles. The molecule has 240 valence electrons. The maximum Gasteiger partial charge on any atom is 0.305 e. The molecule has 1 aliphatic carbocycles. The van der Waals surface area contributed by atoms with Crippen LogP contribution in [0.2, 0.25) is 5.04 Å². The molecule has 2 aromatic carbocycles. The lowest BCUT2D eigenvalue weighted by Gasteiger charge is -2.45. The monoisotopic (exact) mass is 622 g/mol. The zero-order valence-electron chi connectivity index (χ0n) is 27.4. The van der Waals surface area contributed by atoms with Crippen LogP contribution in [0.4, 0.5) is 8.78 Å².